The molecular weight excluding hydrogens is 228 g/mol. The zero-order valence-corrected chi connectivity index (χ0v) is 10.8. The number of carbonyl (C=O) groups is 1. The third kappa shape index (κ3) is 5.64. The average Bonchev–Trinajstić information content (AvgIpc) is 2.40. The lowest BCUT2D eigenvalue weighted by Crippen LogP contribution is -2.15. The summed E-state index contributed by atoms with van der Waals surface area (Å²) in [4.78, 5) is 11.2. The Hall–Kier alpha value is -1.61. The summed E-state index contributed by atoms with van der Waals surface area (Å²) in [7, 11) is 1.40. The number of allylic oxidation sites excluding steroid dienone is 1. The molecule has 0 fully saturated rings. The molecule has 98 valence electrons. The number of methoxy groups -OCH3 is 1. The van der Waals surface area contributed by atoms with Crippen molar-refractivity contribution in [2.75, 3.05) is 13.7 Å². The van der Waals surface area contributed by atoms with Gasteiger partial charge in [0.2, 0.25) is 0 Å². The van der Waals surface area contributed by atoms with E-state index in [1.54, 1.807) is 6.08 Å². The standard InChI is InChI=1S/C15H20O3/c1-3-7-14(10-15(16)17-2)12-18-11-13-8-5-4-6-9-13/h3-6,8-9,14H,1,7,10-12H2,2H3/t14-/m0/s1. The molecule has 0 aromatic heterocycles. The van der Waals surface area contributed by atoms with E-state index in [9.17, 15) is 4.79 Å². The molecule has 0 saturated carbocycles. The summed E-state index contributed by atoms with van der Waals surface area (Å²) in [5.74, 6) is -0.0659. The van der Waals surface area contributed by atoms with Gasteiger partial charge in [0.15, 0.2) is 0 Å². The van der Waals surface area contributed by atoms with Crippen molar-refractivity contribution in [3.63, 3.8) is 0 Å². The van der Waals surface area contributed by atoms with Gasteiger partial charge in [0.25, 0.3) is 0 Å². The lowest BCUT2D eigenvalue weighted by Gasteiger charge is -2.14. The molecule has 0 heterocycles. The Morgan fingerprint density at radius 3 is 2.72 bits per heavy atom. The van der Waals surface area contributed by atoms with Crippen molar-refractivity contribution >= 4 is 5.97 Å². The molecule has 0 saturated heterocycles. The highest BCUT2D eigenvalue weighted by molar-refractivity contribution is 5.69. The lowest BCUT2D eigenvalue weighted by atomic mass is 10.0. The van der Waals surface area contributed by atoms with Crippen molar-refractivity contribution in [1.82, 2.24) is 0 Å². The van der Waals surface area contributed by atoms with E-state index in [2.05, 4.69) is 11.3 Å². The number of hydrogen-bond donors (Lipinski definition) is 0. The predicted octanol–water partition coefficient (Wildman–Crippen LogP) is 2.96. The van der Waals surface area contributed by atoms with Crippen molar-refractivity contribution in [3.05, 3.63) is 48.6 Å². The van der Waals surface area contributed by atoms with Crippen LogP contribution in [0.5, 0.6) is 0 Å². The Balaban J connectivity index is 2.33. The summed E-state index contributed by atoms with van der Waals surface area (Å²) in [6.45, 7) is 4.80. The van der Waals surface area contributed by atoms with Crippen LogP contribution in [0.25, 0.3) is 0 Å². The SMILES string of the molecule is C=CC[C@H](COCc1ccccc1)CC(=O)OC. The van der Waals surface area contributed by atoms with Gasteiger partial charge in [-0.3, -0.25) is 4.79 Å². The maximum absolute atomic E-state index is 11.2. The Labute approximate surface area is 108 Å². The Morgan fingerprint density at radius 1 is 1.39 bits per heavy atom. The first kappa shape index (κ1) is 14.5. The van der Waals surface area contributed by atoms with Gasteiger partial charge in [-0.15, -0.1) is 6.58 Å². The molecule has 0 unspecified atom stereocenters. The molecule has 0 aliphatic rings. The van der Waals surface area contributed by atoms with Gasteiger partial charge < -0.3 is 9.47 Å². The molecule has 0 radical (unpaired) electrons. The lowest BCUT2D eigenvalue weighted by molar-refractivity contribution is -0.142. The van der Waals surface area contributed by atoms with Crippen LogP contribution in [0.4, 0.5) is 0 Å². The van der Waals surface area contributed by atoms with Crippen molar-refractivity contribution < 1.29 is 14.3 Å². The van der Waals surface area contributed by atoms with Crippen LogP contribution < -0.4 is 0 Å². The molecule has 0 aliphatic heterocycles. The third-order valence-corrected chi connectivity index (χ3v) is 2.65. The van der Waals surface area contributed by atoms with Gasteiger partial charge in [-0.1, -0.05) is 36.4 Å². The second-order valence-corrected chi connectivity index (χ2v) is 4.17. The van der Waals surface area contributed by atoms with E-state index in [1.165, 1.54) is 7.11 Å². The first-order chi connectivity index (χ1) is 8.76. The smallest absolute Gasteiger partial charge is 0.305 e. The summed E-state index contributed by atoms with van der Waals surface area (Å²) in [6, 6.07) is 9.97. The van der Waals surface area contributed by atoms with Crippen molar-refractivity contribution in [2.45, 2.75) is 19.4 Å². The van der Waals surface area contributed by atoms with Gasteiger partial charge in [-0.05, 0) is 17.9 Å². The van der Waals surface area contributed by atoms with E-state index in [-0.39, 0.29) is 11.9 Å². The van der Waals surface area contributed by atoms with Gasteiger partial charge in [0.05, 0.1) is 26.7 Å². The van der Waals surface area contributed by atoms with Gasteiger partial charge in [0, 0.05) is 0 Å². The van der Waals surface area contributed by atoms with Crippen molar-refractivity contribution in [3.8, 4) is 0 Å². The molecule has 0 spiro atoms. The quantitative estimate of drug-likeness (QED) is 0.524. The molecule has 1 rings (SSSR count). The number of ether oxygens (including phenoxy) is 2. The van der Waals surface area contributed by atoms with Crippen LogP contribution in [-0.2, 0) is 20.9 Å². The molecule has 18 heavy (non-hydrogen) atoms. The maximum atomic E-state index is 11.2. The van der Waals surface area contributed by atoms with E-state index in [0.29, 0.717) is 19.6 Å². The fraction of sp³-hybridized carbons (Fsp3) is 0.400. The van der Waals surface area contributed by atoms with Gasteiger partial charge in [0.1, 0.15) is 0 Å². The first-order valence-electron chi connectivity index (χ1n) is 6.05. The van der Waals surface area contributed by atoms with Crippen LogP contribution in [0, 0.1) is 5.92 Å². The van der Waals surface area contributed by atoms with Gasteiger partial charge in [-0.25, -0.2) is 0 Å². The minimum atomic E-state index is -0.204. The van der Waals surface area contributed by atoms with Gasteiger partial charge >= 0.3 is 5.97 Å². The number of esters is 1. The first-order valence-corrected chi connectivity index (χ1v) is 6.05. The van der Waals surface area contributed by atoms with E-state index >= 15 is 0 Å². The summed E-state index contributed by atoms with van der Waals surface area (Å²) >= 11 is 0. The molecule has 0 aliphatic carbocycles. The summed E-state index contributed by atoms with van der Waals surface area (Å²) in [5.41, 5.74) is 1.13. The molecule has 1 atom stereocenters. The Kier molecular flexibility index (Phi) is 6.81. The highest BCUT2D eigenvalue weighted by Gasteiger charge is 2.13. The van der Waals surface area contributed by atoms with Crippen LogP contribution in [-0.4, -0.2) is 19.7 Å². The number of rotatable bonds is 8. The van der Waals surface area contributed by atoms with E-state index in [0.717, 1.165) is 12.0 Å². The summed E-state index contributed by atoms with van der Waals surface area (Å²) in [6.07, 6.45) is 2.93. The van der Waals surface area contributed by atoms with E-state index < -0.39 is 0 Å². The monoisotopic (exact) mass is 248 g/mol. The van der Waals surface area contributed by atoms with E-state index in [1.807, 2.05) is 30.3 Å². The minimum absolute atomic E-state index is 0.138. The molecular formula is C15H20O3. The van der Waals surface area contributed by atoms with Crippen LogP contribution in [0.1, 0.15) is 18.4 Å². The zero-order chi connectivity index (χ0) is 13.2. The Bertz CT molecular complexity index is 359. The minimum Gasteiger partial charge on any atom is -0.469 e. The molecule has 3 nitrogen and oxygen atoms in total. The zero-order valence-electron chi connectivity index (χ0n) is 10.8. The number of benzene rings is 1. The van der Waals surface area contributed by atoms with Crippen molar-refractivity contribution in [1.29, 1.82) is 0 Å². The molecule has 1 aromatic rings. The normalized spacial score (nSPS) is 11.8. The maximum Gasteiger partial charge on any atom is 0.305 e. The molecule has 3 heteroatoms. The summed E-state index contributed by atoms with van der Waals surface area (Å²) < 4.78 is 10.3. The van der Waals surface area contributed by atoms with Crippen LogP contribution in [0.2, 0.25) is 0 Å². The molecule has 0 N–H and O–H groups in total. The van der Waals surface area contributed by atoms with Crippen LogP contribution in [0.15, 0.2) is 43.0 Å². The molecule has 1 aromatic carbocycles. The van der Waals surface area contributed by atoms with E-state index in [4.69, 9.17) is 4.74 Å². The topological polar surface area (TPSA) is 35.5 Å². The summed E-state index contributed by atoms with van der Waals surface area (Å²) in [5, 5.41) is 0. The number of hydrogen-bond acceptors (Lipinski definition) is 3. The number of carbonyl (C=O) groups excluding carboxylic acids is 1. The average molecular weight is 248 g/mol. The highest BCUT2D eigenvalue weighted by atomic mass is 16.5. The molecule has 0 bridgehead atoms. The fourth-order valence-corrected chi connectivity index (χ4v) is 1.68. The highest BCUT2D eigenvalue weighted by Crippen LogP contribution is 2.12. The fourth-order valence-electron chi connectivity index (χ4n) is 1.68. The van der Waals surface area contributed by atoms with Crippen LogP contribution in [0.3, 0.4) is 0 Å². The Morgan fingerprint density at radius 2 is 2.11 bits per heavy atom. The van der Waals surface area contributed by atoms with Crippen molar-refractivity contribution in [2.24, 2.45) is 5.92 Å². The third-order valence-electron chi connectivity index (χ3n) is 2.65. The second-order valence-electron chi connectivity index (χ2n) is 4.17. The predicted molar refractivity (Wildman–Crippen MR) is 71.0 cm³/mol. The van der Waals surface area contributed by atoms with Crippen LogP contribution >= 0.6 is 0 Å². The largest absolute Gasteiger partial charge is 0.469 e. The second kappa shape index (κ2) is 8.48. The molecule has 0 amide bonds. The van der Waals surface area contributed by atoms with Gasteiger partial charge in [-0.2, -0.15) is 0 Å².